The summed E-state index contributed by atoms with van der Waals surface area (Å²) in [6, 6.07) is 25.0. The van der Waals surface area contributed by atoms with Crippen LogP contribution in [0.3, 0.4) is 0 Å². The summed E-state index contributed by atoms with van der Waals surface area (Å²) in [6.45, 7) is 0.909. The Morgan fingerprint density at radius 2 is 0.978 bits per heavy atom. The molecular weight excluding hydrogens is 623 g/mol. The van der Waals surface area contributed by atoms with E-state index in [4.69, 9.17) is 33.4 Å². The van der Waals surface area contributed by atoms with Gasteiger partial charge in [0.1, 0.15) is 11.4 Å². The van der Waals surface area contributed by atoms with Crippen molar-refractivity contribution in [1.82, 2.24) is 29.5 Å². The number of anilines is 2. The van der Waals surface area contributed by atoms with Gasteiger partial charge in [-0.05, 0) is 73.5 Å². The van der Waals surface area contributed by atoms with Crippen LogP contribution in [0.15, 0.2) is 110 Å². The molecule has 0 unspecified atom stereocenters. The van der Waals surface area contributed by atoms with Crippen molar-refractivity contribution in [3.63, 3.8) is 0 Å². The van der Waals surface area contributed by atoms with Crippen molar-refractivity contribution in [2.24, 2.45) is 0 Å². The lowest BCUT2D eigenvalue weighted by Gasteiger charge is -2.11. The Labute approximate surface area is 275 Å². The fraction of sp³-hybridized carbons (Fsp3) is 0.118. The summed E-state index contributed by atoms with van der Waals surface area (Å²) in [5.74, 6) is -0.651. The van der Waals surface area contributed by atoms with Gasteiger partial charge in [-0.15, -0.1) is 0 Å². The van der Waals surface area contributed by atoms with Crippen LogP contribution in [0.2, 0.25) is 10.0 Å². The second-order valence-corrected chi connectivity index (χ2v) is 11.1. The predicted octanol–water partition coefficient (Wildman–Crippen LogP) is 7.50. The minimum absolute atomic E-state index is 0.325. The largest absolute Gasteiger partial charge is 0.319 e. The molecule has 0 bridgehead atoms. The number of rotatable bonds is 11. The van der Waals surface area contributed by atoms with Gasteiger partial charge in [0.2, 0.25) is 0 Å². The highest BCUT2D eigenvalue weighted by molar-refractivity contribution is 6.34. The molecule has 0 aliphatic heterocycles. The van der Waals surface area contributed by atoms with E-state index in [1.165, 1.54) is 0 Å². The van der Waals surface area contributed by atoms with E-state index in [0.29, 0.717) is 70.1 Å². The maximum Gasteiger partial charge on any atom is 0.273 e. The van der Waals surface area contributed by atoms with E-state index < -0.39 is 0 Å². The standard InChI is InChI=1S/C34H28Cl2N8O2/c35-25-7-1-3-9-27(25)39-33(45)31-21-29(23-11-15-37-16-12-23)41-43(31)19-5-6-20-44-32(22-30(42-44)24-13-17-38-18-14-24)34(46)40-28-10-4-2-8-26(28)36/h1-4,7-18,21-22H,5-6,19-20H2,(H,39,45)(H,40,46). The van der Waals surface area contributed by atoms with Crippen molar-refractivity contribution in [3.8, 4) is 22.5 Å². The van der Waals surface area contributed by atoms with Gasteiger partial charge in [0, 0.05) is 49.0 Å². The molecule has 12 heteroatoms. The molecule has 4 heterocycles. The number of carbonyl (C=O) groups is 2. The molecule has 4 aromatic heterocycles. The number of nitrogens with one attached hydrogen (secondary N) is 2. The van der Waals surface area contributed by atoms with Crippen LogP contribution in [0.4, 0.5) is 11.4 Å². The molecule has 0 radical (unpaired) electrons. The first-order chi connectivity index (χ1) is 22.5. The number of amides is 2. The first-order valence-electron chi connectivity index (χ1n) is 14.5. The van der Waals surface area contributed by atoms with Crippen LogP contribution < -0.4 is 10.6 Å². The normalized spacial score (nSPS) is 10.9. The first kappa shape index (κ1) is 30.7. The summed E-state index contributed by atoms with van der Waals surface area (Å²) in [4.78, 5) is 35.0. The molecule has 6 rings (SSSR count). The van der Waals surface area contributed by atoms with E-state index in [-0.39, 0.29) is 11.8 Å². The highest BCUT2D eigenvalue weighted by Crippen LogP contribution is 2.25. The number of pyridine rings is 2. The second kappa shape index (κ2) is 14.2. The van der Waals surface area contributed by atoms with Crippen molar-refractivity contribution in [1.29, 1.82) is 0 Å². The van der Waals surface area contributed by atoms with Gasteiger partial charge < -0.3 is 10.6 Å². The minimum atomic E-state index is -0.325. The highest BCUT2D eigenvalue weighted by atomic mass is 35.5. The molecule has 0 spiro atoms. The topological polar surface area (TPSA) is 120 Å². The van der Waals surface area contributed by atoms with Gasteiger partial charge in [-0.2, -0.15) is 10.2 Å². The quantitative estimate of drug-likeness (QED) is 0.140. The molecule has 230 valence electrons. The van der Waals surface area contributed by atoms with E-state index in [1.54, 1.807) is 94.8 Å². The Hall–Kier alpha value is -5.32. The number of carbonyl (C=O) groups excluding carboxylic acids is 2. The summed E-state index contributed by atoms with van der Waals surface area (Å²) in [5.41, 5.74) is 4.80. The second-order valence-electron chi connectivity index (χ2n) is 10.3. The van der Waals surface area contributed by atoms with E-state index >= 15 is 0 Å². The van der Waals surface area contributed by atoms with Crippen molar-refractivity contribution >= 4 is 46.4 Å². The molecule has 2 N–H and O–H groups in total. The lowest BCUT2D eigenvalue weighted by Crippen LogP contribution is -2.19. The number of aromatic nitrogens is 6. The SMILES string of the molecule is O=C(Nc1ccccc1Cl)c1cc(-c2ccncc2)nn1CCCCn1nc(-c2ccncc2)cc1C(=O)Nc1ccccc1Cl. The summed E-state index contributed by atoms with van der Waals surface area (Å²) in [6.07, 6.45) is 8.03. The monoisotopic (exact) mass is 650 g/mol. The molecule has 46 heavy (non-hydrogen) atoms. The van der Waals surface area contributed by atoms with Crippen molar-refractivity contribution in [2.75, 3.05) is 10.6 Å². The molecule has 0 aliphatic rings. The third kappa shape index (κ3) is 7.14. The Balaban J connectivity index is 1.20. The zero-order chi connectivity index (χ0) is 31.9. The first-order valence-corrected chi connectivity index (χ1v) is 15.3. The van der Waals surface area contributed by atoms with Gasteiger partial charge in [-0.3, -0.25) is 28.9 Å². The zero-order valence-electron chi connectivity index (χ0n) is 24.5. The molecule has 0 atom stereocenters. The molecule has 0 fully saturated rings. The fourth-order valence-electron chi connectivity index (χ4n) is 4.89. The Kier molecular flexibility index (Phi) is 9.47. The molecule has 10 nitrogen and oxygen atoms in total. The van der Waals surface area contributed by atoms with E-state index in [2.05, 4.69) is 20.6 Å². The molecule has 2 amide bonds. The Bertz CT molecular complexity index is 1830. The van der Waals surface area contributed by atoms with E-state index in [9.17, 15) is 9.59 Å². The average Bonchev–Trinajstić information content (AvgIpc) is 3.71. The van der Waals surface area contributed by atoms with Crippen LogP contribution in [-0.4, -0.2) is 41.3 Å². The summed E-state index contributed by atoms with van der Waals surface area (Å²) in [5, 5.41) is 16.2. The van der Waals surface area contributed by atoms with Crippen LogP contribution in [0.25, 0.3) is 22.5 Å². The van der Waals surface area contributed by atoms with Crippen LogP contribution >= 0.6 is 23.2 Å². The van der Waals surface area contributed by atoms with Gasteiger partial charge >= 0.3 is 0 Å². The zero-order valence-corrected chi connectivity index (χ0v) is 26.0. The lowest BCUT2D eigenvalue weighted by molar-refractivity contribution is 0.100. The number of hydrogen-bond donors (Lipinski definition) is 2. The number of para-hydroxylation sites is 2. The number of aryl methyl sites for hydroxylation is 2. The molecule has 2 aromatic carbocycles. The third-order valence-corrected chi connectivity index (χ3v) is 7.87. The Morgan fingerprint density at radius 1 is 0.587 bits per heavy atom. The summed E-state index contributed by atoms with van der Waals surface area (Å²) < 4.78 is 3.39. The summed E-state index contributed by atoms with van der Waals surface area (Å²) in [7, 11) is 0. The van der Waals surface area contributed by atoms with Crippen molar-refractivity contribution < 1.29 is 9.59 Å². The van der Waals surface area contributed by atoms with Gasteiger partial charge in [-0.25, -0.2) is 0 Å². The number of nitrogens with zero attached hydrogens (tertiary/aromatic N) is 6. The van der Waals surface area contributed by atoms with Crippen molar-refractivity contribution in [2.45, 2.75) is 25.9 Å². The molecule has 0 saturated carbocycles. The average molecular weight is 652 g/mol. The predicted molar refractivity (Wildman–Crippen MR) is 179 cm³/mol. The number of halogens is 2. The maximum atomic E-state index is 13.4. The minimum Gasteiger partial charge on any atom is -0.319 e. The maximum absolute atomic E-state index is 13.4. The van der Waals surface area contributed by atoms with Gasteiger partial charge in [0.25, 0.3) is 11.8 Å². The fourth-order valence-corrected chi connectivity index (χ4v) is 5.25. The highest BCUT2D eigenvalue weighted by Gasteiger charge is 2.20. The van der Waals surface area contributed by atoms with E-state index in [0.717, 1.165) is 11.1 Å². The van der Waals surface area contributed by atoms with Crippen LogP contribution in [0, 0.1) is 0 Å². The van der Waals surface area contributed by atoms with Crippen LogP contribution in [-0.2, 0) is 13.1 Å². The Morgan fingerprint density at radius 3 is 1.37 bits per heavy atom. The molecule has 0 aliphatic carbocycles. The van der Waals surface area contributed by atoms with Gasteiger partial charge in [0.15, 0.2) is 0 Å². The molecule has 6 aromatic rings. The molecular formula is C34H28Cl2N8O2. The smallest absolute Gasteiger partial charge is 0.273 e. The van der Waals surface area contributed by atoms with Crippen LogP contribution in [0.5, 0.6) is 0 Å². The molecule has 0 saturated heterocycles. The summed E-state index contributed by atoms with van der Waals surface area (Å²) >= 11 is 12.6. The lowest BCUT2D eigenvalue weighted by atomic mass is 10.2. The van der Waals surface area contributed by atoms with Crippen LogP contribution in [0.1, 0.15) is 33.8 Å². The van der Waals surface area contributed by atoms with Crippen molar-refractivity contribution in [3.05, 3.63) is 131 Å². The number of benzene rings is 2. The number of hydrogen-bond acceptors (Lipinski definition) is 6. The third-order valence-electron chi connectivity index (χ3n) is 7.21. The van der Waals surface area contributed by atoms with E-state index in [1.807, 2.05) is 24.3 Å². The van der Waals surface area contributed by atoms with Gasteiger partial charge in [0.05, 0.1) is 32.8 Å². The number of unbranched alkanes of at least 4 members (excludes halogenated alkanes) is 1. The van der Waals surface area contributed by atoms with Gasteiger partial charge in [-0.1, -0.05) is 47.5 Å².